The number of nitrogens with one attached hydrogen (secondary N) is 1. The molecule has 19 heavy (non-hydrogen) atoms. The molecule has 0 unspecified atom stereocenters. The maximum atomic E-state index is 6.22. The van der Waals surface area contributed by atoms with Gasteiger partial charge in [-0.05, 0) is 18.6 Å². The number of aromatic nitrogens is 2. The van der Waals surface area contributed by atoms with E-state index in [9.17, 15) is 0 Å². The molecule has 0 amide bonds. The van der Waals surface area contributed by atoms with Crippen LogP contribution in [0.4, 0.5) is 5.82 Å². The third-order valence-electron chi connectivity index (χ3n) is 2.73. The van der Waals surface area contributed by atoms with Crippen LogP contribution in [0.25, 0.3) is 11.4 Å². The Kier molecular flexibility index (Phi) is 4.61. The Morgan fingerprint density at radius 3 is 2.68 bits per heavy atom. The summed E-state index contributed by atoms with van der Waals surface area (Å²) in [6.07, 6.45) is 1.94. The van der Waals surface area contributed by atoms with E-state index in [1.807, 2.05) is 25.2 Å². The zero-order valence-electron chi connectivity index (χ0n) is 10.9. The Labute approximate surface area is 123 Å². The van der Waals surface area contributed by atoms with Gasteiger partial charge in [-0.3, -0.25) is 0 Å². The number of hydrogen-bond acceptors (Lipinski definition) is 3. The van der Waals surface area contributed by atoms with Crippen LogP contribution in [0.15, 0.2) is 24.3 Å². The first-order valence-electron chi connectivity index (χ1n) is 6.15. The first kappa shape index (κ1) is 14.1. The molecule has 0 aliphatic carbocycles. The summed E-state index contributed by atoms with van der Waals surface area (Å²) in [7, 11) is 1.83. The maximum absolute atomic E-state index is 6.22. The van der Waals surface area contributed by atoms with Gasteiger partial charge in [0.1, 0.15) is 5.82 Å². The molecule has 100 valence electrons. The normalized spacial score (nSPS) is 10.5. The van der Waals surface area contributed by atoms with Crippen molar-refractivity contribution in [1.29, 1.82) is 0 Å². The second kappa shape index (κ2) is 6.22. The molecule has 1 N–H and O–H groups in total. The van der Waals surface area contributed by atoms with E-state index in [4.69, 9.17) is 23.2 Å². The molecule has 0 aliphatic rings. The molecule has 0 saturated carbocycles. The molecule has 1 aromatic carbocycles. The number of halogens is 2. The zero-order chi connectivity index (χ0) is 13.8. The van der Waals surface area contributed by atoms with Crippen molar-refractivity contribution >= 4 is 29.0 Å². The second-order valence-corrected chi connectivity index (χ2v) is 4.95. The largest absolute Gasteiger partial charge is 0.373 e. The van der Waals surface area contributed by atoms with Crippen molar-refractivity contribution in [2.75, 3.05) is 12.4 Å². The highest BCUT2D eigenvalue weighted by Gasteiger charge is 2.11. The quantitative estimate of drug-likeness (QED) is 0.906. The summed E-state index contributed by atoms with van der Waals surface area (Å²) in [5.41, 5.74) is 1.75. The number of nitrogens with zero attached hydrogens (tertiary/aromatic N) is 2. The predicted octanol–water partition coefficient (Wildman–Crippen LogP) is 4.44. The number of aryl methyl sites for hydroxylation is 1. The lowest BCUT2D eigenvalue weighted by Crippen LogP contribution is -2.01. The molecule has 0 atom stereocenters. The number of benzene rings is 1. The first-order valence-corrected chi connectivity index (χ1v) is 6.91. The molecule has 0 aliphatic heterocycles. The molecule has 0 bridgehead atoms. The van der Waals surface area contributed by atoms with Gasteiger partial charge in [0, 0.05) is 24.4 Å². The fourth-order valence-corrected chi connectivity index (χ4v) is 2.19. The van der Waals surface area contributed by atoms with E-state index in [-0.39, 0.29) is 0 Å². The van der Waals surface area contributed by atoms with Gasteiger partial charge in [-0.2, -0.15) is 0 Å². The van der Waals surface area contributed by atoms with E-state index in [0.717, 1.165) is 29.9 Å². The average Bonchev–Trinajstić information content (AvgIpc) is 2.42. The Hall–Kier alpha value is -1.32. The Balaban J connectivity index is 2.54. The van der Waals surface area contributed by atoms with Crippen LogP contribution in [-0.4, -0.2) is 17.0 Å². The fourth-order valence-electron chi connectivity index (χ4n) is 1.81. The smallest absolute Gasteiger partial charge is 0.163 e. The maximum Gasteiger partial charge on any atom is 0.163 e. The van der Waals surface area contributed by atoms with Crippen molar-refractivity contribution in [2.45, 2.75) is 19.8 Å². The highest BCUT2D eigenvalue weighted by molar-refractivity contribution is 6.43. The van der Waals surface area contributed by atoms with Crippen molar-refractivity contribution in [1.82, 2.24) is 9.97 Å². The second-order valence-electron chi connectivity index (χ2n) is 4.17. The molecule has 1 aromatic heterocycles. The fraction of sp³-hybridized carbons (Fsp3) is 0.286. The predicted molar refractivity (Wildman–Crippen MR) is 81.0 cm³/mol. The van der Waals surface area contributed by atoms with Gasteiger partial charge in [-0.15, -0.1) is 0 Å². The molecule has 1 heterocycles. The summed E-state index contributed by atoms with van der Waals surface area (Å²) >= 11 is 12.3. The lowest BCUT2D eigenvalue weighted by atomic mass is 10.2. The monoisotopic (exact) mass is 295 g/mol. The van der Waals surface area contributed by atoms with Gasteiger partial charge in [0.15, 0.2) is 5.82 Å². The van der Waals surface area contributed by atoms with Crippen LogP contribution in [0.3, 0.4) is 0 Å². The standard InChI is InChI=1S/C14H15Cl2N3/c1-3-5-9-8-12(17-2)19-14(18-9)10-6-4-7-11(15)13(10)16/h4,6-8H,3,5H2,1-2H3,(H,17,18,19). The third kappa shape index (κ3) is 3.17. The van der Waals surface area contributed by atoms with Crippen molar-refractivity contribution in [2.24, 2.45) is 0 Å². The Morgan fingerprint density at radius 2 is 2.00 bits per heavy atom. The first-order chi connectivity index (χ1) is 9.15. The minimum atomic E-state index is 0.486. The van der Waals surface area contributed by atoms with Crippen molar-refractivity contribution in [3.63, 3.8) is 0 Å². The molecule has 0 radical (unpaired) electrons. The van der Waals surface area contributed by atoms with E-state index in [1.54, 1.807) is 6.07 Å². The summed E-state index contributed by atoms with van der Waals surface area (Å²) in [4.78, 5) is 8.99. The number of anilines is 1. The highest BCUT2D eigenvalue weighted by atomic mass is 35.5. The van der Waals surface area contributed by atoms with Crippen molar-refractivity contribution < 1.29 is 0 Å². The van der Waals surface area contributed by atoms with Crippen LogP contribution in [-0.2, 0) is 6.42 Å². The lowest BCUT2D eigenvalue weighted by molar-refractivity contribution is 0.876. The highest BCUT2D eigenvalue weighted by Crippen LogP contribution is 2.32. The Bertz CT molecular complexity index is 585. The van der Waals surface area contributed by atoms with Crippen molar-refractivity contribution in [3.05, 3.63) is 40.0 Å². The van der Waals surface area contributed by atoms with Gasteiger partial charge >= 0.3 is 0 Å². The van der Waals surface area contributed by atoms with Crippen molar-refractivity contribution in [3.8, 4) is 11.4 Å². The molecule has 2 aromatic rings. The molecule has 5 heteroatoms. The van der Waals surface area contributed by atoms with Crippen LogP contribution >= 0.6 is 23.2 Å². The molecule has 0 saturated heterocycles. The molecule has 3 nitrogen and oxygen atoms in total. The van der Waals surface area contributed by atoms with Gasteiger partial charge in [-0.25, -0.2) is 9.97 Å². The van der Waals surface area contributed by atoms with Crippen LogP contribution in [0.5, 0.6) is 0 Å². The molecule has 2 rings (SSSR count). The average molecular weight is 296 g/mol. The minimum absolute atomic E-state index is 0.486. The van der Waals surface area contributed by atoms with Gasteiger partial charge in [-0.1, -0.05) is 42.6 Å². The SMILES string of the molecule is CCCc1cc(NC)nc(-c2cccc(Cl)c2Cl)n1. The summed E-state index contributed by atoms with van der Waals surface area (Å²) in [6.45, 7) is 2.12. The molecule has 0 fully saturated rings. The summed E-state index contributed by atoms with van der Waals surface area (Å²) in [5, 5.41) is 4.04. The zero-order valence-corrected chi connectivity index (χ0v) is 12.4. The molecule has 0 spiro atoms. The summed E-state index contributed by atoms with van der Waals surface area (Å²) in [5.74, 6) is 1.38. The van der Waals surface area contributed by atoms with E-state index in [1.165, 1.54) is 0 Å². The van der Waals surface area contributed by atoms with Crippen LogP contribution in [0.1, 0.15) is 19.0 Å². The van der Waals surface area contributed by atoms with Crippen LogP contribution in [0, 0.1) is 0 Å². The van der Waals surface area contributed by atoms with E-state index in [0.29, 0.717) is 15.9 Å². The third-order valence-corrected chi connectivity index (χ3v) is 3.55. The van der Waals surface area contributed by atoms with E-state index < -0.39 is 0 Å². The molecular formula is C14H15Cl2N3. The van der Waals surface area contributed by atoms with Crippen LogP contribution in [0.2, 0.25) is 10.0 Å². The minimum Gasteiger partial charge on any atom is -0.373 e. The molecular weight excluding hydrogens is 281 g/mol. The number of hydrogen-bond donors (Lipinski definition) is 1. The van der Waals surface area contributed by atoms with Crippen LogP contribution < -0.4 is 5.32 Å². The Morgan fingerprint density at radius 1 is 1.21 bits per heavy atom. The summed E-state index contributed by atoms with van der Waals surface area (Å²) in [6, 6.07) is 7.42. The van der Waals surface area contributed by atoms with E-state index in [2.05, 4.69) is 22.2 Å². The van der Waals surface area contributed by atoms with Gasteiger partial charge in [0.05, 0.1) is 10.0 Å². The van der Waals surface area contributed by atoms with E-state index >= 15 is 0 Å². The number of rotatable bonds is 4. The lowest BCUT2D eigenvalue weighted by Gasteiger charge is -2.09. The summed E-state index contributed by atoms with van der Waals surface area (Å²) < 4.78 is 0. The van der Waals surface area contributed by atoms with Gasteiger partial charge < -0.3 is 5.32 Å². The topological polar surface area (TPSA) is 37.8 Å². The van der Waals surface area contributed by atoms with Gasteiger partial charge in [0.25, 0.3) is 0 Å². The van der Waals surface area contributed by atoms with Gasteiger partial charge in [0.2, 0.25) is 0 Å².